The molecule has 2 aromatic carbocycles. The molecule has 0 spiro atoms. The molecular weight excluding hydrogens is 416 g/mol. The van der Waals surface area contributed by atoms with Crippen molar-refractivity contribution < 1.29 is 34.1 Å². The van der Waals surface area contributed by atoms with E-state index in [0.717, 1.165) is 0 Å². The van der Waals surface area contributed by atoms with Crippen molar-refractivity contribution in [1.29, 1.82) is 0 Å². The highest BCUT2D eigenvalue weighted by molar-refractivity contribution is 5.95. The van der Waals surface area contributed by atoms with Crippen molar-refractivity contribution in [1.82, 2.24) is 5.32 Å². The van der Waals surface area contributed by atoms with E-state index in [2.05, 4.69) is 5.32 Å². The topological polar surface area (TPSA) is 156 Å². The second kappa shape index (κ2) is 11.6. The monoisotopic (exact) mass is 442 g/mol. The first kappa shape index (κ1) is 24.5. The molecule has 0 aromatic heterocycles. The molecule has 170 valence electrons. The number of carboxylic acids is 2. The third-order valence-electron chi connectivity index (χ3n) is 4.89. The summed E-state index contributed by atoms with van der Waals surface area (Å²) < 4.78 is 5.20. The fraction of sp³-hybridized carbons (Fsp3) is 0.304. The van der Waals surface area contributed by atoms with Crippen LogP contribution in [-0.2, 0) is 32.1 Å². The fourth-order valence-corrected chi connectivity index (χ4v) is 3.22. The number of carbonyl (C=O) groups is 4. The first-order valence-electron chi connectivity index (χ1n) is 9.98. The van der Waals surface area contributed by atoms with Crippen LogP contribution in [0, 0.1) is 0 Å². The number of alkyl carbamates (subject to hydrolysis) is 1. The summed E-state index contributed by atoms with van der Waals surface area (Å²) in [6.07, 6.45) is -2.30. The van der Waals surface area contributed by atoms with Crippen LogP contribution in [0.4, 0.5) is 4.79 Å². The van der Waals surface area contributed by atoms with Crippen molar-refractivity contribution in [2.45, 2.75) is 43.9 Å². The van der Waals surface area contributed by atoms with Crippen LogP contribution in [-0.4, -0.2) is 45.6 Å². The van der Waals surface area contributed by atoms with Gasteiger partial charge in [0.25, 0.3) is 0 Å². The van der Waals surface area contributed by atoms with Gasteiger partial charge in [0.05, 0.1) is 6.42 Å². The molecule has 0 saturated heterocycles. The molecule has 0 heterocycles. The van der Waals surface area contributed by atoms with Crippen LogP contribution in [0.5, 0.6) is 0 Å². The molecule has 0 bridgehead atoms. The van der Waals surface area contributed by atoms with Crippen LogP contribution < -0.4 is 11.1 Å². The Bertz CT molecular complexity index is 934. The Morgan fingerprint density at radius 2 is 1.50 bits per heavy atom. The average molecular weight is 442 g/mol. The van der Waals surface area contributed by atoms with E-state index in [1.165, 1.54) is 0 Å². The Hall–Kier alpha value is -3.72. The summed E-state index contributed by atoms with van der Waals surface area (Å²) in [7, 11) is 0. The number of aliphatic carboxylic acids is 2. The number of amides is 1. The summed E-state index contributed by atoms with van der Waals surface area (Å²) in [4.78, 5) is 48.4. The SMILES string of the molecule is NC(CCC(=O)[C@](CC(=O)O)(Cc1ccccc1)NC(=O)OCc1ccccc1)C(=O)O. The smallest absolute Gasteiger partial charge is 0.408 e. The molecule has 9 heteroatoms. The van der Waals surface area contributed by atoms with Crippen LogP contribution in [0.15, 0.2) is 60.7 Å². The predicted octanol–water partition coefficient (Wildman–Crippen LogP) is 2.13. The number of hydrogen-bond acceptors (Lipinski definition) is 6. The van der Waals surface area contributed by atoms with Gasteiger partial charge in [0.15, 0.2) is 5.78 Å². The summed E-state index contributed by atoms with van der Waals surface area (Å²) in [5.74, 6) is -3.22. The lowest BCUT2D eigenvalue weighted by Gasteiger charge is -2.32. The Morgan fingerprint density at radius 3 is 2.03 bits per heavy atom. The largest absolute Gasteiger partial charge is 0.481 e. The van der Waals surface area contributed by atoms with Gasteiger partial charge in [0.2, 0.25) is 0 Å². The van der Waals surface area contributed by atoms with Gasteiger partial charge >= 0.3 is 18.0 Å². The molecule has 2 atom stereocenters. The van der Waals surface area contributed by atoms with Gasteiger partial charge in [0.1, 0.15) is 18.2 Å². The van der Waals surface area contributed by atoms with Gasteiger partial charge in [-0.3, -0.25) is 14.4 Å². The third kappa shape index (κ3) is 7.51. The van der Waals surface area contributed by atoms with E-state index in [4.69, 9.17) is 15.6 Å². The second-order valence-corrected chi connectivity index (χ2v) is 7.41. The minimum Gasteiger partial charge on any atom is -0.481 e. The van der Waals surface area contributed by atoms with Gasteiger partial charge in [-0.1, -0.05) is 60.7 Å². The van der Waals surface area contributed by atoms with Crippen molar-refractivity contribution in [2.75, 3.05) is 0 Å². The van der Waals surface area contributed by atoms with Gasteiger partial charge in [-0.25, -0.2) is 4.79 Å². The highest BCUT2D eigenvalue weighted by atomic mass is 16.5. The van der Waals surface area contributed by atoms with E-state index in [9.17, 15) is 24.3 Å². The summed E-state index contributed by atoms with van der Waals surface area (Å²) in [5.41, 5.74) is 5.00. The van der Waals surface area contributed by atoms with Crippen LogP contribution in [0.2, 0.25) is 0 Å². The minimum absolute atomic E-state index is 0.0702. The van der Waals surface area contributed by atoms with E-state index in [0.29, 0.717) is 11.1 Å². The quantitative estimate of drug-likeness (QED) is 0.389. The van der Waals surface area contributed by atoms with Gasteiger partial charge in [-0.05, 0) is 17.5 Å². The van der Waals surface area contributed by atoms with Crippen molar-refractivity contribution in [3.05, 3.63) is 71.8 Å². The minimum atomic E-state index is -1.83. The zero-order valence-electron chi connectivity index (χ0n) is 17.4. The molecule has 32 heavy (non-hydrogen) atoms. The molecule has 0 aliphatic rings. The summed E-state index contributed by atoms with van der Waals surface area (Å²) in [5, 5.41) is 20.9. The predicted molar refractivity (Wildman–Crippen MR) is 115 cm³/mol. The lowest BCUT2D eigenvalue weighted by molar-refractivity contribution is -0.143. The number of ketones is 1. The number of rotatable bonds is 12. The number of hydrogen-bond donors (Lipinski definition) is 4. The third-order valence-corrected chi connectivity index (χ3v) is 4.89. The Labute approximate surface area is 185 Å². The molecule has 1 unspecified atom stereocenters. The van der Waals surface area contributed by atoms with Gasteiger partial charge in [0, 0.05) is 12.8 Å². The van der Waals surface area contributed by atoms with Crippen LogP contribution in [0.25, 0.3) is 0 Å². The van der Waals surface area contributed by atoms with E-state index >= 15 is 0 Å². The normalized spacial score (nSPS) is 13.4. The zero-order chi connectivity index (χ0) is 23.6. The summed E-state index contributed by atoms with van der Waals surface area (Å²) >= 11 is 0. The number of carboxylic acid groups (broad SMARTS) is 2. The molecule has 0 radical (unpaired) electrons. The van der Waals surface area contributed by atoms with E-state index in [-0.39, 0.29) is 25.9 Å². The number of benzene rings is 2. The Kier molecular flexibility index (Phi) is 8.91. The molecule has 0 aliphatic heterocycles. The maximum absolute atomic E-state index is 13.2. The van der Waals surface area contributed by atoms with Crippen molar-refractivity contribution in [3.63, 3.8) is 0 Å². The van der Waals surface area contributed by atoms with Crippen molar-refractivity contribution in [2.24, 2.45) is 5.73 Å². The molecular formula is C23H26N2O7. The number of nitrogens with two attached hydrogens (primary N) is 1. The average Bonchev–Trinajstić information content (AvgIpc) is 2.76. The molecule has 0 fully saturated rings. The van der Waals surface area contributed by atoms with Crippen LogP contribution in [0.3, 0.4) is 0 Å². The molecule has 0 saturated carbocycles. The lowest BCUT2D eigenvalue weighted by Crippen LogP contribution is -2.57. The second-order valence-electron chi connectivity index (χ2n) is 7.41. The number of carbonyl (C=O) groups excluding carboxylic acids is 2. The number of nitrogens with one attached hydrogen (secondary N) is 1. The van der Waals surface area contributed by atoms with E-state index < -0.39 is 41.8 Å². The van der Waals surface area contributed by atoms with Crippen LogP contribution in [0.1, 0.15) is 30.4 Å². The Morgan fingerprint density at radius 1 is 0.938 bits per heavy atom. The first-order valence-corrected chi connectivity index (χ1v) is 9.98. The van der Waals surface area contributed by atoms with Crippen molar-refractivity contribution >= 4 is 23.8 Å². The standard InChI is InChI=1S/C23H26N2O7/c24-18(21(29)30)11-12-19(26)23(14-20(27)28,13-16-7-3-1-4-8-16)25-22(31)32-15-17-9-5-2-6-10-17/h1-10,18H,11-15,24H2,(H,25,31)(H,27,28)(H,29,30)/t18?,23-/m1/s1. The lowest BCUT2D eigenvalue weighted by atomic mass is 9.81. The van der Waals surface area contributed by atoms with Gasteiger partial charge in [-0.15, -0.1) is 0 Å². The first-order chi connectivity index (χ1) is 15.2. The molecule has 2 rings (SSSR count). The Balaban J connectivity index is 2.26. The van der Waals surface area contributed by atoms with E-state index in [1.807, 2.05) is 6.07 Å². The molecule has 1 amide bonds. The number of Topliss-reactive ketones (excluding diaryl/α,β-unsaturated/α-hetero) is 1. The number of ether oxygens (including phenoxy) is 1. The van der Waals surface area contributed by atoms with Gasteiger partial charge < -0.3 is 26.0 Å². The van der Waals surface area contributed by atoms with E-state index in [1.54, 1.807) is 54.6 Å². The van der Waals surface area contributed by atoms with Crippen molar-refractivity contribution in [3.8, 4) is 0 Å². The molecule has 5 N–H and O–H groups in total. The highest BCUT2D eigenvalue weighted by Gasteiger charge is 2.42. The maximum Gasteiger partial charge on any atom is 0.408 e. The molecule has 0 aliphatic carbocycles. The van der Waals surface area contributed by atoms with Gasteiger partial charge in [-0.2, -0.15) is 0 Å². The fourth-order valence-electron chi connectivity index (χ4n) is 3.22. The van der Waals surface area contributed by atoms with Crippen LogP contribution >= 0.6 is 0 Å². The maximum atomic E-state index is 13.2. The molecule has 2 aromatic rings. The summed E-state index contributed by atoms with van der Waals surface area (Å²) in [6.45, 7) is -0.0702. The summed E-state index contributed by atoms with van der Waals surface area (Å²) in [6, 6.07) is 16.2. The highest BCUT2D eigenvalue weighted by Crippen LogP contribution is 2.23. The zero-order valence-corrected chi connectivity index (χ0v) is 17.4. The molecule has 9 nitrogen and oxygen atoms in total.